The SMILES string of the molecule is CC1(C)CC=C(c2cc(C(C)(C)CN3C[C@@H](O)[C@@H](O)C3)ccc2NC(=O)c2ncc(C#N)[nH]2)CC1.Cl. The van der Waals surface area contributed by atoms with Crippen LogP contribution in [0.1, 0.15) is 74.4 Å². The Balaban J connectivity index is 0.00000361. The zero-order valence-electron chi connectivity index (χ0n) is 21.3. The summed E-state index contributed by atoms with van der Waals surface area (Å²) in [6.07, 6.45) is 5.15. The molecule has 2 heterocycles. The molecular weight excluding hydrogens is 478 g/mol. The molecule has 0 radical (unpaired) electrons. The van der Waals surface area contributed by atoms with Crippen LogP contribution >= 0.6 is 12.4 Å². The maximum absolute atomic E-state index is 12.9. The predicted molar refractivity (Wildman–Crippen MR) is 142 cm³/mol. The smallest absolute Gasteiger partial charge is 0.291 e. The second kappa shape index (κ2) is 10.7. The highest BCUT2D eigenvalue weighted by molar-refractivity contribution is 6.03. The van der Waals surface area contributed by atoms with Crippen molar-refractivity contribution in [3.63, 3.8) is 0 Å². The summed E-state index contributed by atoms with van der Waals surface area (Å²) in [7, 11) is 0. The van der Waals surface area contributed by atoms with Crippen LogP contribution in [0.4, 0.5) is 5.69 Å². The van der Waals surface area contributed by atoms with E-state index in [-0.39, 0.29) is 34.8 Å². The number of aliphatic hydroxyl groups is 2. The van der Waals surface area contributed by atoms with Gasteiger partial charge in [-0.05, 0) is 47.9 Å². The molecule has 8 nitrogen and oxygen atoms in total. The average Bonchev–Trinajstić information content (AvgIpc) is 3.40. The summed E-state index contributed by atoms with van der Waals surface area (Å²) in [5, 5.41) is 31.9. The van der Waals surface area contributed by atoms with Crippen molar-refractivity contribution in [3.8, 4) is 6.07 Å². The molecule has 2 aliphatic rings. The van der Waals surface area contributed by atoms with E-state index in [2.05, 4.69) is 60.0 Å². The molecule has 1 aliphatic carbocycles. The van der Waals surface area contributed by atoms with Gasteiger partial charge >= 0.3 is 0 Å². The molecule has 1 aliphatic heterocycles. The Labute approximate surface area is 218 Å². The molecule has 36 heavy (non-hydrogen) atoms. The number of benzene rings is 1. The molecule has 2 atom stereocenters. The van der Waals surface area contributed by atoms with E-state index in [0.29, 0.717) is 25.3 Å². The van der Waals surface area contributed by atoms with E-state index in [0.717, 1.165) is 30.4 Å². The molecule has 1 saturated heterocycles. The number of nitriles is 1. The van der Waals surface area contributed by atoms with Gasteiger partial charge in [-0.25, -0.2) is 4.98 Å². The molecule has 4 rings (SSSR count). The van der Waals surface area contributed by atoms with Gasteiger partial charge in [0.25, 0.3) is 5.91 Å². The number of carbonyl (C=O) groups excluding carboxylic acids is 1. The fourth-order valence-electron chi connectivity index (χ4n) is 4.96. The van der Waals surface area contributed by atoms with Crippen molar-refractivity contribution in [1.29, 1.82) is 5.26 Å². The number of aliphatic hydroxyl groups excluding tert-OH is 2. The number of amides is 1. The monoisotopic (exact) mass is 513 g/mol. The molecule has 1 aromatic carbocycles. The van der Waals surface area contributed by atoms with Crippen LogP contribution in [-0.4, -0.2) is 62.8 Å². The Morgan fingerprint density at radius 3 is 2.58 bits per heavy atom. The number of imidazole rings is 1. The van der Waals surface area contributed by atoms with E-state index >= 15 is 0 Å². The van der Waals surface area contributed by atoms with Crippen LogP contribution in [0.25, 0.3) is 5.57 Å². The first-order valence-corrected chi connectivity index (χ1v) is 12.2. The van der Waals surface area contributed by atoms with Crippen LogP contribution in [0, 0.1) is 16.7 Å². The van der Waals surface area contributed by atoms with Gasteiger partial charge in [0.05, 0.1) is 18.4 Å². The van der Waals surface area contributed by atoms with Crippen LogP contribution in [0.15, 0.2) is 30.5 Å². The zero-order chi connectivity index (χ0) is 25.4. The molecule has 2 aromatic rings. The molecule has 1 aromatic heterocycles. The lowest BCUT2D eigenvalue weighted by Gasteiger charge is -2.33. The third-order valence-corrected chi connectivity index (χ3v) is 7.23. The molecule has 0 saturated carbocycles. The number of nitrogens with one attached hydrogen (secondary N) is 2. The highest BCUT2D eigenvalue weighted by Crippen LogP contribution is 2.41. The maximum atomic E-state index is 12.9. The summed E-state index contributed by atoms with van der Waals surface area (Å²) in [5.41, 5.74) is 4.29. The number of hydrogen-bond acceptors (Lipinski definition) is 6. The average molecular weight is 514 g/mol. The van der Waals surface area contributed by atoms with Gasteiger partial charge in [-0.15, -0.1) is 12.4 Å². The Bertz CT molecular complexity index is 1170. The van der Waals surface area contributed by atoms with Crippen LogP contribution < -0.4 is 5.32 Å². The third kappa shape index (κ3) is 6.16. The fourth-order valence-corrected chi connectivity index (χ4v) is 4.96. The van der Waals surface area contributed by atoms with Crippen LogP contribution in [0.2, 0.25) is 0 Å². The summed E-state index contributed by atoms with van der Waals surface area (Å²) in [4.78, 5) is 21.7. The van der Waals surface area contributed by atoms with Crippen LogP contribution in [0.5, 0.6) is 0 Å². The van der Waals surface area contributed by atoms with Crippen molar-refractivity contribution in [3.05, 3.63) is 53.1 Å². The van der Waals surface area contributed by atoms with Crippen molar-refractivity contribution in [1.82, 2.24) is 14.9 Å². The molecule has 194 valence electrons. The summed E-state index contributed by atoms with van der Waals surface area (Å²) < 4.78 is 0. The van der Waals surface area contributed by atoms with E-state index in [4.69, 9.17) is 5.26 Å². The summed E-state index contributed by atoms with van der Waals surface area (Å²) in [5.74, 6) is -0.293. The molecule has 4 N–H and O–H groups in total. The van der Waals surface area contributed by atoms with Gasteiger partial charge in [-0.3, -0.25) is 9.69 Å². The first-order valence-electron chi connectivity index (χ1n) is 12.2. The lowest BCUT2D eigenvalue weighted by molar-refractivity contribution is 0.0572. The second-order valence-electron chi connectivity index (χ2n) is 11.3. The van der Waals surface area contributed by atoms with Crippen molar-refractivity contribution in [2.75, 3.05) is 25.0 Å². The number of rotatable bonds is 6. The topological polar surface area (TPSA) is 125 Å². The summed E-state index contributed by atoms with van der Waals surface area (Å²) in [6.45, 7) is 10.5. The van der Waals surface area contributed by atoms with Crippen molar-refractivity contribution in [2.24, 2.45) is 5.41 Å². The summed E-state index contributed by atoms with van der Waals surface area (Å²) in [6, 6.07) is 8.07. The third-order valence-electron chi connectivity index (χ3n) is 7.23. The van der Waals surface area contributed by atoms with Gasteiger partial charge in [0.15, 0.2) is 5.82 Å². The summed E-state index contributed by atoms with van der Waals surface area (Å²) >= 11 is 0. The number of hydrogen-bond donors (Lipinski definition) is 4. The number of H-pyrrole nitrogens is 1. The normalized spacial score (nSPS) is 21.9. The molecular formula is C27H36ClN5O3. The van der Waals surface area contributed by atoms with Crippen molar-refractivity contribution < 1.29 is 15.0 Å². The van der Waals surface area contributed by atoms with Gasteiger partial charge in [-0.1, -0.05) is 39.8 Å². The number of β-amino-alcohol motifs (C(OH)–C–C–N with tert-alkyl or cyclic N) is 2. The highest BCUT2D eigenvalue weighted by Gasteiger charge is 2.34. The van der Waals surface area contributed by atoms with Gasteiger partial charge in [0.2, 0.25) is 0 Å². The second-order valence-corrected chi connectivity index (χ2v) is 11.3. The van der Waals surface area contributed by atoms with Gasteiger partial charge in [-0.2, -0.15) is 5.26 Å². The Morgan fingerprint density at radius 2 is 2.00 bits per heavy atom. The largest absolute Gasteiger partial charge is 0.389 e. The predicted octanol–water partition coefficient (Wildman–Crippen LogP) is 3.86. The Hall–Kier alpha value is -2.70. The van der Waals surface area contributed by atoms with Crippen LogP contribution in [0.3, 0.4) is 0 Å². The van der Waals surface area contributed by atoms with Gasteiger partial charge in [0, 0.05) is 36.3 Å². The quantitative estimate of drug-likeness (QED) is 0.464. The molecule has 0 bridgehead atoms. The molecule has 0 spiro atoms. The highest BCUT2D eigenvalue weighted by atomic mass is 35.5. The number of nitrogens with zero attached hydrogens (tertiary/aromatic N) is 3. The number of halogens is 1. The first-order chi connectivity index (χ1) is 16.5. The lowest BCUT2D eigenvalue weighted by Crippen LogP contribution is -2.36. The molecule has 1 amide bonds. The van der Waals surface area contributed by atoms with E-state index in [1.165, 1.54) is 11.8 Å². The minimum absolute atomic E-state index is 0. The number of aromatic amines is 1. The maximum Gasteiger partial charge on any atom is 0.291 e. The fraction of sp³-hybridized carbons (Fsp3) is 0.519. The van der Waals surface area contributed by atoms with E-state index in [1.54, 1.807) is 0 Å². The number of aromatic nitrogens is 2. The first kappa shape index (κ1) is 27.9. The lowest BCUT2D eigenvalue weighted by atomic mass is 9.75. The Morgan fingerprint density at radius 1 is 1.31 bits per heavy atom. The Kier molecular flexibility index (Phi) is 8.31. The minimum atomic E-state index is -0.710. The van der Waals surface area contributed by atoms with Gasteiger partial charge < -0.3 is 20.5 Å². The standard InChI is InChI=1S/C27H35N5O3.ClH/c1-26(2)9-7-17(8-10-26)20-11-18(27(3,4)16-32-14-22(33)23(34)15-32)5-6-21(20)31-25(35)24-29-13-19(12-28)30-24;/h5-7,11,13,22-23,33-34H,8-10,14-16H2,1-4H3,(H,29,30)(H,31,35);1H/t22-,23+;. The zero-order valence-corrected chi connectivity index (χ0v) is 22.2. The van der Waals surface area contributed by atoms with E-state index in [9.17, 15) is 15.0 Å². The van der Waals surface area contributed by atoms with Crippen molar-refractivity contribution >= 4 is 29.6 Å². The minimum Gasteiger partial charge on any atom is -0.389 e. The number of anilines is 1. The van der Waals surface area contributed by atoms with Crippen molar-refractivity contribution in [2.45, 2.75) is 64.6 Å². The number of carbonyl (C=O) groups is 1. The number of likely N-dealkylation sites (tertiary alicyclic amines) is 1. The van der Waals surface area contributed by atoms with E-state index in [1.807, 2.05) is 18.2 Å². The number of allylic oxidation sites excluding steroid dienone is 2. The molecule has 1 fully saturated rings. The van der Waals surface area contributed by atoms with Gasteiger partial charge in [0.1, 0.15) is 11.8 Å². The molecule has 9 heteroatoms. The van der Waals surface area contributed by atoms with Crippen LogP contribution in [-0.2, 0) is 5.41 Å². The molecule has 0 unspecified atom stereocenters. The van der Waals surface area contributed by atoms with E-state index < -0.39 is 18.1 Å².